The molecule has 0 spiro atoms. The van der Waals surface area contributed by atoms with Crippen LogP contribution in [-0.4, -0.2) is 31.4 Å². The predicted octanol–water partition coefficient (Wildman–Crippen LogP) is 1.22. The molecule has 0 unspecified atom stereocenters. The van der Waals surface area contributed by atoms with Gasteiger partial charge in [-0.2, -0.15) is 10.2 Å². The van der Waals surface area contributed by atoms with E-state index >= 15 is 0 Å². The van der Waals surface area contributed by atoms with E-state index in [9.17, 15) is 9.59 Å². The Hall–Kier alpha value is -2.16. The number of nitrogens with two attached hydrogens (primary N) is 1. The van der Waals surface area contributed by atoms with Gasteiger partial charge >= 0.3 is 0 Å². The van der Waals surface area contributed by atoms with Gasteiger partial charge in [0, 0.05) is 12.7 Å². The summed E-state index contributed by atoms with van der Waals surface area (Å²) in [5.41, 5.74) is 7.28. The second-order valence-electron chi connectivity index (χ2n) is 4.80. The van der Waals surface area contributed by atoms with Crippen LogP contribution < -0.4 is 11.1 Å². The quantitative estimate of drug-likeness (QED) is 0.826. The zero-order chi connectivity index (χ0) is 16.4. The van der Waals surface area contributed by atoms with Crippen LogP contribution in [0.25, 0.3) is 0 Å². The highest BCUT2D eigenvalue weighted by Crippen LogP contribution is 2.20. The number of rotatable bonds is 5. The van der Waals surface area contributed by atoms with Gasteiger partial charge in [0.1, 0.15) is 6.54 Å². The molecule has 22 heavy (non-hydrogen) atoms. The van der Waals surface area contributed by atoms with Crippen LogP contribution in [0.1, 0.15) is 28.8 Å². The van der Waals surface area contributed by atoms with E-state index in [1.54, 1.807) is 10.9 Å². The second kappa shape index (κ2) is 6.30. The van der Waals surface area contributed by atoms with Gasteiger partial charge in [-0.05, 0) is 36.7 Å². The molecule has 8 nitrogen and oxygen atoms in total. The maximum Gasteiger partial charge on any atom is 0.271 e. The summed E-state index contributed by atoms with van der Waals surface area (Å²) in [6, 6.07) is 0. The van der Waals surface area contributed by atoms with Gasteiger partial charge in [-0.15, -0.1) is 0 Å². The number of anilines is 1. The number of carbonyl (C=O) groups excluding carboxylic acids is 2. The number of aromatic nitrogens is 4. The van der Waals surface area contributed by atoms with Gasteiger partial charge in [-0.3, -0.25) is 19.0 Å². The lowest BCUT2D eigenvalue weighted by molar-refractivity contribution is -0.116. The van der Waals surface area contributed by atoms with Gasteiger partial charge in [0.2, 0.25) is 5.91 Å². The lowest BCUT2D eigenvalue weighted by Crippen LogP contribution is -2.22. The van der Waals surface area contributed by atoms with Crippen LogP contribution >= 0.6 is 15.9 Å². The van der Waals surface area contributed by atoms with Crippen LogP contribution in [0.3, 0.4) is 0 Å². The molecule has 0 aromatic carbocycles. The molecular weight excluding hydrogens is 352 g/mol. The van der Waals surface area contributed by atoms with Crippen molar-refractivity contribution in [3.05, 3.63) is 27.8 Å². The van der Waals surface area contributed by atoms with Crippen LogP contribution in [0.4, 0.5) is 5.69 Å². The van der Waals surface area contributed by atoms with Crippen molar-refractivity contribution in [2.45, 2.75) is 33.9 Å². The Morgan fingerprint density at radius 1 is 1.36 bits per heavy atom. The average Bonchev–Trinajstić information content (AvgIpc) is 2.96. The van der Waals surface area contributed by atoms with E-state index in [1.807, 2.05) is 20.8 Å². The summed E-state index contributed by atoms with van der Waals surface area (Å²) in [6.45, 7) is 6.19. The van der Waals surface area contributed by atoms with Gasteiger partial charge in [0.25, 0.3) is 5.91 Å². The minimum absolute atomic E-state index is 0.0355. The molecule has 118 valence electrons. The summed E-state index contributed by atoms with van der Waals surface area (Å²) in [5, 5.41) is 10.9. The zero-order valence-electron chi connectivity index (χ0n) is 12.6. The molecule has 0 atom stereocenters. The van der Waals surface area contributed by atoms with E-state index in [2.05, 4.69) is 31.4 Å². The van der Waals surface area contributed by atoms with E-state index in [1.165, 1.54) is 4.68 Å². The van der Waals surface area contributed by atoms with Crippen molar-refractivity contribution in [3.8, 4) is 0 Å². The Morgan fingerprint density at radius 2 is 2.05 bits per heavy atom. The number of halogens is 1. The van der Waals surface area contributed by atoms with E-state index in [-0.39, 0.29) is 18.1 Å². The lowest BCUT2D eigenvalue weighted by Gasteiger charge is -2.06. The maximum absolute atomic E-state index is 12.2. The number of nitrogens with zero attached hydrogens (tertiary/aromatic N) is 4. The summed E-state index contributed by atoms with van der Waals surface area (Å²) in [6.07, 6.45) is 1.58. The van der Waals surface area contributed by atoms with Gasteiger partial charge in [-0.25, -0.2) is 0 Å². The molecule has 0 fully saturated rings. The smallest absolute Gasteiger partial charge is 0.271 e. The number of carbonyl (C=O) groups is 2. The van der Waals surface area contributed by atoms with Crippen molar-refractivity contribution in [3.63, 3.8) is 0 Å². The Labute approximate surface area is 135 Å². The van der Waals surface area contributed by atoms with Crippen LogP contribution in [0, 0.1) is 13.8 Å². The molecule has 0 aliphatic carbocycles. The Balaban J connectivity index is 2.17. The summed E-state index contributed by atoms with van der Waals surface area (Å²) in [5.74, 6) is -0.993. The number of hydrogen-bond acceptors (Lipinski definition) is 4. The largest absolute Gasteiger partial charge is 0.364 e. The first-order chi connectivity index (χ1) is 10.3. The zero-order valence-corrected chi connectivity index (χ0v) is 14.1. The Bertz CT molecular complexity index is 733. The minimum atomic E-state index is -0.684. The van der Waals surface area contributed by atoms with Crippen molar-refractivity contribution in [1.29, 1.82) is 0 Å². The van der Waals surface area contributed by atoms with Crippen LogP contribution in [0.15, 0.2) is 10.7 Å². The van der Waals surface area contributed by atoms with Crippen molar-refractivity contribution in [1.82, 2.24) is 19.6 Å². The molecule has 0 aliphatic rings. The van der Waals surface area contributed by atoms with Crippen molar-refractivity contribution < 1.29 is 9.59 Å². The van der Waals surface area contributed by atoms with Gasteiger partial charge in [0.05, 0.1) is 21.5 Å². The number of primary amides is 1. The Morgan fingerprint density at radius 3 is 2.55 bits per heavy atom. The second-order valence-corrected chi connectivity index (χ2v) is 5.59. The minimum Gasteiger partial charge on any atom is -0.364 e. The number of nitrogens with one attached hydrogen (secondary N) is 1. The summed E-state index contributed by atoms with van der Waals surface area (Å²) in [7, 11) is 0. The highest BCUT2D eigenvalue weighted by Gasteiger charge is 2.17. The molecule has 3 N–H and O–H groups in total. The molecule has 9 heteroatoms. The fraction of sp³-hybridized carbons (Fsp3) is 0.385. The monoisotopic (exact) mass is 368 g/mol. The van der Waals surface area contributed by atoms with Gasteiger partial charge in [-0.1, -0.05) is 0 Å². The van der Waals surface area contributed by atoms with E-state index in [0.29, 0.717) is 12.2 Å². The molecule has 0 saturated heterocycles. The maximum atomic E-state index is 12.2. The van der Waals surface area contributed by atoms with Crippen LogP contribution in [0.5, 0.6) is 0 Å². The molecule has 0 radical (unpaired) electrons. The first kappa shape index (κ1) is 16.2. The van der Waals surface area contributed by atoms with E-state index in [0.717, 1.165) is 15.9 Å². The van der Waals surface area contributed by atoms with Crippen molar-refractivity contribution >= 4 is 33.4 Å². The van der Waals surface area contributed by atoms with E-state index in [4.69, 9.17) is 5.73 Å². The molecule has 2 heterocycles. The molecule has 0 saturated carbocycles. The standard InChI is InChI=1S/C13H17BrN6O2/c1-4-19-5-9(12(18-19)13(15)22)16-10(21)6-20-8(3)11(14)7(2)17-20/h5H,4,6H2,1-3H3,(H2,15,22)(H,16,21). The number of hydrogen-bond donors (Lipinski definition) is 2. The van der Waals surface area contributed by atoms with Gasteiger partial charge < -0.3 is 11.1 Å². The van der Waals surface area contributed by atoms with E-state index < -0.39 is 5.91 Å². The van der Waals surface area contributed by atoms with Crippen molar-refractivity contribution in [2.24, 2.45) is 5.73 Å². The molecule has 2 aromatic rings. The topological polar surface area (TPSA) is 108 Å². The fourth-order valence-electron chi connectivity index (χ4n) is 2.01. The molecule has 2 amide bonds. The molecule has 2 rings (SSSR count). The normalized spacial score (nSPS) is 10.7. The predicted molar refractivity (Wildman–Crippen MR) is 84.4 cm³/mol. The highest BCUT2D eigenvalue weighted by molar-refractivity contribution is 9.10. The summed E-state index contributed by atoms with van der Waals surface area (Å²) < 4.78 is 4.00. The van der Waals surface area contributed by atoms with Crippen LogP contribution in [-0.2, 0) is 17.9 Å². The van der Waals surface area contributed by atoms with Crippen LogP contribution in [0.2, 0.25) is 0 Å². The third-order valence-electron chi connectivity index (χ3n) is 3.18. The first-order valence-corrected chi connectivity index (χ1v) is 7.49. The first-order valence-electron chi connectivity index (χ1n) is 6.70. The third kappa shape index (κ3) is 3.19. The summed E-state index contributed by atoms with van der Waals surface area (Å²) >= 11 is 3.41. The number of aryl methyl sites for hydroxylation is 2. The average molecular weight is 369 g/mol. The lowest BCUT2D eigenvalue weighted by atomic mass is 10.3. The Kier molecular flexibility index (Phi) is 4.65. The molecule has 0 aliphatic heterocycles. The van der Waals surface area contributed by atoms with Crippen molar-refractivity contribution in [2.75, 3.05) is 5.32 Å². The third-order valence-corrected chi connectivity index (χ3v) is 4.33. The van der Waals surface area contributed by atoms with Gasteiger partial charge in [0.15, 0.2) is 5.69 Å². The molecular formula is C13H17BrN6O2. The molecule has 0 bridgehead atoms. The molecule has 2 aromatic heterocycles. The number of amides is 2. The highest BCUT2D eigenvalue weighted by atomic mass is 79.9. The fourth-order valence-corrected chi connectivity index (χ4v) is 2.30. The SMILES string of the molecule is CCn1cc(NC(=O)Cn2nc(C)c(Br)c2C)c(C(N)=O)n1. The summed E-state index contributed by atoms with van der Waals surface area (Å²) in [4.78, 5) is 23.5.